The first kappa shape index (κ1) is 14.3. The Bertz CT molecular complexity index is 553. The van der Waals surface area contributed by atoms with E-state index in [1.54, 1.807) is 0 Å². The van der Waals surface area contributed by atoms with Crippen LogP contribution in [0.15, 0.2) is 30.3 Å². The van der Waals surface area contributed by atoms with E-state index < -0.39 is 0 Å². The molecule has 0 fully saturated rings. The summed E-state index contributed by atoms with van der Waals surface area (Å²) in [7, 11) is 0. The number of hydrogen-bond acceptors (Lipinski definition) is 2. The van der Waals surface area contributed by atoms with Crippen LogP contribution in [0.4, 0.5) is 0 Å². The van der Waals surface area contributed by atoms with Gasteiger partial charge in [-0.25, -0.2) is 4.98 Å². The number of halogens is 1. The lowest BCUT2D eigenvalue weighted by Crippen LogP contribution is -2.11. The Labute approximate surface area is 119 Å². The smallest absolute Gasteiger partial charge is 0.135 e. The van der Waals surface area contributed by atoms with E-state index in [4.69, 9.17) is 16.3 Å². The number of benzene rings is 1. The standard InChI is InChI=1S/C16H20ClNO/c1-11(2)8-12(3)19-10-14-9-13-6-4-5-7-15(13)18-16(14)17/h4-7,9,11-12H,8,10H2,1-3H3. The second-order valence-electron chi connectivity index (χ2n) is 5.38. The fourth-order valence-electron chi connectivity index (χ4n) is 2.20. The summed E-state index contributed by atoms with van der Waals surface area (Å²) in [6.45, 7) is 7.02. The monoisotopic (exact) mass is 277 g/mol. The Balaban J connectivity index is 2.10. The van der Waals surface area contributed by atoms with E-state index in [-0.39, 0.29) is 6.10 Å². The first-order valence-electron chi connectivity index (χ1n) is 6.72. The maximum absolute atomic E-state index is 6.20. The molecule has 1 atom stereocenters. The molecule has 1 heterocycles. The van der Waals surface area contributed by atoms with Crippen molar-refractivity contribution in [3.63, 3.8) is 0 Å². The first-order chi connectivity index (χ1) is 9.06. The maximum atomic E-state index is 6.20. The molecule has 0 spiro atoms. The summed E-state index contributed by atoms with van der Waals surface area (Å²) in [6.07, 6.45) is 1.29. The topological polar surface area (TPSA) is 22.1 Å². The molecule has 0 radical (unpaired) electrons. The lowest BCUT2D eigenvalue weighted by molar-refractivity contribution is 0.0397. The van der Waals surface area contributed by atoms with Crippen LogP contribution in [0.5, 0.6) is 0 Å². The van der Waals surface area contributed by atoms with Crippen molar-refractivity contribution < 1.29 is 4.74 Å². The third-order valence-electron chi connectivity index (χ3n) is 3.08. The van der Waals surface area contributed by atoms with Crippen molar-refractivity contribution in [1.82, 2.24) is 4.98 Å². The summed E-state index contributed by atoms with van der Waals surface area (Å²) in [5, 5.41) is 1.64. The zero-order chi connectivity index (χ0) is 13.8. The molecule has 0 aliphatic heterocycles. The zero-order valence-electron chi connectivity index (χ0n) is 11.7. The van der Waals surface area contributed by atoms with Crippen LogP contribution in [0.3, 0.4) is 0 Å². The normalized spacial score (nSPS) is 13.1. The average Bonchev–Trinajstić information content (AvgIpc) is 2.35. The minimum atomic E-state index is 0.238. The number of hydrogen-bond donors (Lipinski definition) is 0. The minimum absolute atomic E-state index is 0.238. The van der Waals surface area contributed by atoms with Gasteiger partial charge >= 0.3 is 0 Å². The third-order valence-corrected chi connectivity index (χ3v) is 3.40. The largest absolute Gasteiger partial charge is 0.374 e. The van der Waals surface area contributed by atoms with Gasteiger partial charge in [0.05, 0.1) is 18.2 Å². The van der Waals surface area contributed by atoms with Gasteiger partial charge in [-0.1, -0.05) is 43.6 Å². The van der Waals surface area contributed by atoms with E-state index in [2.05, 4.69) is 31.8 Å². The first-order valence-corrected chi connectivity index (χ1v) is 7.10. The molecule has 0 bridgehead atoms. The summed E-state index contributed by atoms with van der Waals surface area (Å²) in [4.78, 5) is 4.40. The van der Waals surface area contributed by atoms with Crippen molar-refractivity contribution in [1.29, 1.82) is 0 Å². The van der Waals surface area contributed by atoms with Gasteiger partial charge < -0.3 is 4.74 Å². The van der Waals surface area contributed by atoms with Gasteiger partial charge in [-0.05, 0) is 31.4 Å². The molecule has 0 amide bonds. The highest BCUT2D eigenvalue weighted by atomic mass is 35.5. The number of fused-ring (bicyclic) bond motifs is 1. The summed E-state index contributed by atoms with van der Waals surface area (Å²) in [6, 6.07) is 10.0. The second-order valence-corrected chi connectivity index (χ2v) is 5.74. The van der Waals surface area contributed by atoms with Crippen LogP contribution in [-0.4, -0.2) is 11.1 Å². The quantitative estimate of drug-likeness (QED) is 0.730. The molecule has 1 aromatic heterocycles. The molecule has 102 valence electrons. The fourth-order valence-corrected chi connectivity index (χ4v) is 2.40. The molecule has 0 saturated heterocycles. The third kappa shape index (κ3) is 3.92. The molecule has 1 unspecified atom stereocenters. The maximum Gasteiger partial charge on any atom is 0.135 e. The van der Waals surface area contributed by atoms with Gasteiger partial charge in [0.2, 0.25) is 0 Å². The molecule has 0 N–H and O–H groups in total. The predicted molar refractivity (Wildman–Crippen MR) is 80.5 cm³/mol. The molecule has 2 nitrogen and oxygen atoms in total. The SMILES string of the molecule is CC(C)CC(C)OCc1cc2ccccc2nc1Cl. The number of pyridine rings is 1. The Morgan fingerprint density at radius 3 is 2.68 bits per heavy atom. The lowest BCUT2D eigenvalue weighted by Gasteiger charge is -2.15. The van der Waals surface area contributed by atoms with E-state index in [9.17, 15) is 0 Å². The molecule has 2 rings (SSSR count). The summed E-state index contributed by atoms with van der Waals surface area (Å²) in [5.41, 5.74) is 1.88. The van der Waals surface area contributed by atoms with Crippen molar-refractivity contribution in [3.8, 4) is 0 Å². The van der Waals surface area contributed by atoms with E-state index in [0.29, 0.717) is 17.7 Å². The van der Waals surface area contributed by atoms with Crippen LogP contribution in [-0.2, 0) is 11.3 Å². The van der Waals surface area contributed by atoms with Crippen LogP contribution in [0.25, 0.3) is 10.9 Å². The van der Waals surface area contributed by atoms with Crippen molar-refractivity contribution in [2.75, 3.05) is 0 Å². The van der Waals surface area contributed by atoms with Crippen LogP contribution < -0.4 is 0 Å². The highest BCUT2D eigenvalue weighted by Crippen LogP contribution is 2.22. The molecule has 19 heavy (non-hydrogen) atoms. The fraction of sp³-hybridized carbons (Fsp3) is 0.438. The van der Waals surface area contributed by atoms with Gasteiger partial charge in [0.15, 0.2) is 0 Å². The molecule has 3 heteroatoms. The van der Waals surface area contributed by atoms with Crippen LogP contribution in [0, 0.1) is 5.92 Å². The Kier molecular flexibility index (Phi) is 4.78. The van der Waals surface area contributed by atoms with Gasteiger partial charge in [0.25, 0.3) is 0 Å². The van der Waals surface area contributed by atoms with Crippen molar-refractivity contribution in [3.05, 3.63) is 41.0 Å². The van der Waals surface area contributed by atoms with Crippen LogP contribution in [0.1, 0.15) is 32.8 Å². The zero-order valence-corrected chi connectivity index (χ0v) is 12.4. The van der Waals surface area contributed by atoms with E-state index in [1.165, 1.54) is 0 Å². The van der Waals surface area contributed by atoms with Crippen LogP contribution in [0.2, 0.25) is 5.15 Å². The molecular formula is C16H20ClNO. The van der Waals surface area contributed by atoms with Gasteiger partial charge in [-0.2, -0.15) is 0 Å². The minimum Gasteiger partial charge on any atom is -0.374 e. The van der Waals surface area contributed by atoms with Gasteiger partial charge in [-0.15, -0.1) is 0 Å². The second kappa shape index (κ2) is 6.36. The number of nitrogens with zero attached hydrogens (tertiary/aromatic N) is 1. The van der Waals surface area contributed by atoms with Gasteiger partial charge in [0, 0.05) is 10.9 Å². The Hall–Kier alpha value is -1.12. The molecule has 0 saturated carbocycles. The van der Waals surface area contributed by atoms with Crippen molar-refractivity contribution >= 4 is 22.5 Å². The van der Waals surface area contributed by atoms with Crippen molar-refractivity contribution in [2.45, 2.75) is 39.9 Å². The molecule has 0 aliphatic carbocycles. The van der Waals surface area contributed by atoms with E-state index in [1.807, 2.05) is 24.3 Å². The van der Waals surface area contributed by atoms with E-state index >= 15 is 0 Å². The summed E-state index contributed by atoms with van der Waals surface area (Å²) >= 11 is 6.20. The molecule has 1 aromatic carbocycles. The highest BCUT2D eigenvalue weighted by Gasteiger charge is 2.09. The average molecular weight is 278 g/mol. The van der Waals surface area contributed by atoms with Crippen LogP contribution >= 0.6 is 11.6 Å². The van der Waals surface area contributed by atoms with Gasteiger partial charge in [-0.3, -0.25) is 0 Å². The number of para-hydroxylation sites is 1. The number of aromatic nitrogens is 1. The number of ether oxygens (including phenoxy) is 1. The van der Waals surface area contributed by atoms with Crippen molar-refractivity contribution in [2.24, 2.45) is 5.92 Å². The predicted octanol–water partition coefficient (Wildman–Crippen LogP) is 4.84. The van der Waals surface area contributed by atoms with Gasteiger partial charge in [0.1, 0.15) is 5.15 Å². The molecule has 2 aromatic rings. The van der Waals surface area contributed by atoms with E-state index in [0.717, 1.165) is 22.9 Å². The Morgan fingerprint density at radius 2 is 1.95 bits per heavy atom. The molecular weight excluding hydrogens is 258 g/mol. The molecule has 0 aliphatic rings. The summed E-state index contributed by atoms with van der Waals surface area (Å²) < 4.78 is 5.84. The Morgan fingerprint density at radius 1 is 1.21 bits per heavy atom. The lowest BCUT2D eigenvalue weighted by atomic mass is 10.1. The highest BCUT2D eigenvalue weighted by molar-refractivity contribution is 6.30. The number of rotatable bonds is 5. The summed E-state index contributed by atoms with van der Waals surface area (Å²) in [5.74, 6) is 0.639.